The summed E-state index contributed by atoms with van der Waals surface area (Å²) in [6, 6.07) is 23.3. The van der Waals surface area contributed by atoms with Crippen molar-refractivity contribution in [3.8, 4) is 0 Å². The first kappa shape index (κ1) is 26.8. The highest BCUT2D eigenvalue weighted by Crippen LogP contribution is 2.37. The summed E-state index contributed by atoms with van der Waals surface area (Å²) in [5.41, 5.74) is 2.80. The molecule has 0 bridgehead atoms. The minimum atomic E-state index is -4.45. The molecule has 1 saturated heterocycles. The van der Waals surface area contributed by atoms with Gasteiger partial charge in [-0.05, 0) is 28.8 Å². The highest BCUT2D eigenvalue weighted by molar-refractivity contribution is 5.86. The Morgan fingerprint density at radius 2 is 1.64 bits per heavy atom. The number of nitrogens with zero attached hydrogens (tertiary/aromatic N) is 3. The number of piperazine rings is 1. The van der Waals surface area contributed by atoms with Gasteiger partial charge in [-0.25, -0.2) is 0 Å². The predicted octanol–water partition coefficient (Wildman–Crippen LogP) is 6.58. The molecule has 5 rings (SSSR count). The largest absolute Gasteiger partial charge is 0.416 e. The topological polar surface area (TPSA) is 28.5 Å². The first-order valence-electron chi connectivity index (χ1n) is 13.2. The fraction of sp³-hybridized carbons (Fsp3) is 0.281. The van der Waals surface area contributed by atoms with Crippen LogP contribution < -0.4 is 0 Å². The average molecular weight is 532 g/mol. The van der Waals surface area contributed by atoms with Crippen LogP contribution in [0.3, 0.4) is 0 Å². The van der Waals surface area contributed by atoms with Crippen molar-refractivity contribution in [2.45, 2.75) is 18.5 Å². The standard InChI is InChI=1S/C32H32F3N3O/c1-36-23-29(27-14-5-6-15-30(27)36)28(25-12-7-13-26(21-25)32(33,34)35)22-31(39)38-19-17-37(18-20-38)16-8-11-24-9-3-2-4-10-24/h2-15,21,23,28H,16-20,22H2,1H3/b11-8+. The van der Waals surface area contributed by atoms with E-state index < -0.39 is 17.7 Å². The summed E-state index contributed by atoms with van der Waals surface area (Å²) in [4.78, 5) is 17.7. The van der Waals surface area contributed by atoms with Crippen molar-refractivity contribution >= 4 is 22.9 Å². The van der Waals surface area contributed by atoms with Gasteiger partial charge in [0.05, 0.1) is 5.56 Å². The molecule has 1 amide bonds. The zero-order chi connectivity index (χ0) is 27.4. The molecular weight excluding hydrogens is 499 g/mol. The van der Waals surface area contributed by atoms with Crippen LogP contribution in [0.15, 0.2) is 91.1 Å². The lowest BCUT2D eigenvalue weighted by Crippen LogP contribution is -2.48. The number of carbonyl (C=O) groups excluding carboxylic acids is 1. The van der Waals surface area contributed by atoms with E-state index in [-0.39, 0.29) is 12.3 Å². The second-order valence-corrected chi connectivity index (χ2v) is 10.1. The number of benzene rings is 3. The number of aryl methyl sites for hydroxylation is 1. The summed E-state index contributed by atoms with van der Waals surface area (Å²) in [6.07, 6.45) is 1.84. The molecule has 4 aromatic rings. The molecule has 1 aliphatic rings. The van der Waals surface area contributed by atoms with Crippen molar-refractivity contribution in [3.63, 3.8) is 0 Å². The van der Waals surface area contributed by atoms with Gasteiger partial charge in [0, 0.05) is 69.2 Å². The Hall–Kier alpha value is -3.84. The van der Waals surface area contributed by atoms with Gasteiger partial charge in [-0.1, -0.05) is 78.9 Å². The Balaban J connectivity index is 1.32. The van der Waals surface area contributed by atoms with Crippen LogP contribution >= 0.6 is 0 Å². The number of aromatic nitrogens is 1. The van der Waals surface area contributed by atoms with E-state index >= 15 is 0 Å². The van der Waals surface area contributed by atoms with Gasteiger partial charge >= 0.3 is 6.18 Å². The Morgan fingerprint density at radius 1 is 0.923 bits per heavy atom. The Morgan fingerprint density at radius 3 is 2.38 bits per heavy atom. The molecule has 202 valence electrons. The van der Waals surface area contributed by atoms with Crippen LogP contribution in [0.4, 0.5) is 13.2 Å². The van der Waals surface area contributed by atoms with Crippen molar-refractivity contribution in [1.29, 1.82) is 0 Å². The average Bonchev–Trinajstić information content (AvgIpc) is 3.28. The molecular formula is C32H32F3N3O. The maximum Gasteiger partial charge on any atom is 0.416 e. The highest BCUT2D eigenvalue weighted by Gasteiger charge is 2.32. The number of amides is 1. The first-order valence-corrected chi connectivity index (χ1v) is 13.2. The zero-order valence-corrected chi connectivity index (χ0v) is 21.9. The van der Waals surface area contributed by atoms with E-state index in [1.807, 2.05) is 65.2 Å². The van der Waals surface area contributed by atoms with Gasteiger partial charge in [-0.15, -0.1) is 0 Å². The fourth-order valence-corrected chi connectivity index (χ4v) is 5.38. The third-order valence-electron chi connectivity index (χ3n) is 7.50. The first-order chi connectivity index (χ1) is 18.8. The molecule has 1 unspecified atom stereocenters. The molecule has 3 aromatic carbocycles. The lowest BCUT2D eigenvalue weighted by molar-refractivity contribution is -0.137. The lowest BCUT2D eigenvalue weighted by atomic mass is 9.87. The van der Waals surface area contributed by atoms with Crippen LogP contribution in [0.5, 0.6) is 0 Å². The van der Waals surface area contributed by atoms with Crippen molar-refractivity contribution in [2.75, 3.05) is 32.7 Å². The van der Waals surface area contributed by atoms with Gasteiger partial charge in [0.1, 0.15) is 0 Å². The van der Waals surface area contributed by atoms with Crippen LogP contribution in [-0.4, -0.2) is 53.0 Å². The molecule has 0 saturated carbocycles. The van der Waals surface area contributed by atoms with Crippen LogP contribution in [-0.2, 0) is 18.0 Å². The molecule has 0 radical (unpaired) electrons. The van der Waals surface area contributed by atoms with E-state index in [4.69, 9.17) is 0 Å². The van der Waals surface area contributed by atoms with Gasteiger partial charge in [-0.2, -0.15) is 13.2 Å². The molecule has 0 spiro atoms. The summed E-state index contributed by atoms with van der Waals surface area (Å²) in [6.45, 7) is 3.52. The Labute approximate surface area is 227 Å². The molecule has 1 aliphatic heterocycles. The van der Waals surface area contributed by atoms with Gasteiger partial charge in [0.25, 0.3) is 0 Å². The normalized spacial score (nSPS) is 15.7. The number of hydrogen-bond acceptors (Lipinski definition) is 2. The lowest BCUT2D eigenvalue weighted by Gasteiger charge is -2.35. The maximum absolute atomic E-state index is 13.6. The molecule has 7 heteroatoms. The number of carbonyl (C=O) groups is 1. The summed E-state index contributed by atoms with van der Waals surface area (Å²) in [7, 11) is 1.92. The molecule has 1 aromatic heterocycles. The predicted molar refractivity (Wildman–Crippen MR) is 149 cm³/mol. The van der Waals surface area contributed by atoms with Crippen molar-refractivity contribution in [3.05, 3.63) is 113 Å². The number of para-hydroxylation sites is 1. The molecule has 1 atom stereocenters. The molecule has 4 nitrogen and oxygen atoms in total. The van der Waals surface area contributed by atoms with Crippen LogP contribution in [0.2, 0.25) is 0 Å². The Kier molecular flexibility index (Phi) is 7.89. The summed E-state index contributed by atoms with van der Waals surface area (Å²) in [5.74, 6) is -0.525. The third kappa shape index (κ3) is 6.25. The smallest absolute Gasteiger partial charge is 0.350 e. The maximum atomic E-state index is 13.6. The van der Waals surface area contributed by atoms with Crippen molar-refractivity contribution in [2.24, 2.45) is 7.05 Å². The van der Waals surface area contributed by atoms with Gasteiger partial charge in [0.15, 0.2) is 0 Å². The van der Waals surface area contributed by atoms with E-state index in [0.29, 0.717) is 18.7 Å². The van der Waals surface area contributed by atoms with E-state index in [9.17, 15) is 18.0 Å². The summed E-state index contributed by atoms with van der Waals surface area (Å²) in [5, 5.41) is 0.949. The SMILES string of the molecule is Cn1cc(C(CC(=O)N2CCN(C/C=C/c3ccccc3)CC2)c2cccc(C(F)(F)F)c2)c2ccccc21. The van der Waals surface area contributed by atoms with Gasteiger partial charge in [-0.3, -0.25) is 9.69 Å². The number of alkyl halides is 3. The van der Waals surface area contributed by atoms with Crippen molar-refractivity contribution < 1.29 is 18.0 Å². The van der Waals surface area contributed by atoms with E-state index in [2.05, 4.69) is 29.2 Å². The van der Waals surface area contributed by atoms with Crippen LogP contribution in [0, 0.1) is 0 Å². The number of hydrogen-bond donors (Lipinski definition) is 0. The molecule has 1 fully saturated rings. The van der Waals surface area contributed by atoms with E-state index in [1.165, 1.54) is 12.1 Å². The quantitative estimate of drug-likeness (QED) is 0.270. The highest BCUT2D eigenvalue weighted by atomic mass is 19.4. The fourth-order valence-electron chi connectivity index (χ4n) is 5.38. The molecule has 0 N–H and O–H groups in total. The summed E-state index contributed by atoms with van der Waals surface area (Å²) < 4.78 is 42.7. The summed E-state index contributed by atoms with van der Waals surface area (Å²) >= 11 is 0. The number of halogens is 3. The Bertz CT molecular complexity index is 1450. The number of fused-ring (bicyclic) bond motifs is 1. The number of rotatable bonds is 7. The minimum Gasteiger partial charge on any atom is -0.350 e. The van der Waals surface area contributed by atoms with E-state index in [1.54, 1.807) is 6.07 Å². The molecule has 2 heterocycles. The zero-order valence-electron chi connectivity index (χ0n) is 21.9. The monoisotopic (exact) mass is 531 g/mol. The van der Waals surface area contributed by atoms with Crippen LogP contribution in [0.25, 0.3) is 17.0 Å². The van der Waals surface area contributed by atoms with E-state index in [0.717, 1.165) is 47.7 Å². The molecule has 0 aliphatic carbocycles. The van der Waals surface area contributed by atoms with Crippen LogP contribution in [0.1, 0.15) is 34.6 Å². The van der Waals surface area contributed by atoms with Gasteiger partial charge < -0.3 is 9.47 Å². The second-order valence-electron chi connectivity index (χ2n) is 10.1. The van der Waals surface area contributed by atoms with Crippen molar-refractivity contribution in [1.82, 2.24) is 14.4 Å². The molecule has 39 heavy (non-hydrogen) atoms. The van der Waals surface area contributed by atoms with Gasteiger partial charge in [0.2, 0.25) is 5.91 Å². The third-order valence-corrected chi connectivity index (χ3v) is 7.50. The second kappa shape index (κ2) is 11.5. The minimum absolute atomic E-state index is 0.0372.